The normalized spacial score (nSPS) is 17.9. The lowest BCUT2D eigenvalue weighted by Gasteiger charge is -2.12. The topological polar surface area (TPSA) is 75.1 Å². The maximum absolute atomic E-state index is 11.4. The predicted octanol–water partition coefficient (Wildman–Crippen LogP) is 2.23. The molecule has 2 N–H and O–H groups in total. The Hall–Kier alpha value is -2.27. The Morgan fingerprint density at radius 3 is 2.86 bits per heavy atom. The summed E-state index contributed by atoms with van der Waals surface area (Å²) in [6.45, 7) is 3.75. The molecule has 0 bridgehead atoms. The highest BCUT2D eigenvalue weighted by Gasteiger charge is 2.20. The van der Waals surface area contributed by atoms with Crippen LogP contribution in [0.1, 0.15) is 34.2 Å². The summed E-state index contributed by atoms with van der Waals surface area (Å²) in [6.07, 6.45) is 1.05. The van der Waals surface area contributed by atoms with Crippen LogP contribution in [0.4, 0.5) is 0 Å². The maximum atomic E-state index is 11.4. The molecule has 1 atom stereocenters. The van der Waals surface area contributed by atoms with Gasteiger partial charge in [0, 0.05) is 23.7 Å². The molecule has 21 heavy (non-hydrogen) atoms. The van der Waals surface area contributed by atoms with Crippen LogP contribution >= 0.6 is 0 Å². The van der Waals surface area contributed by atoms with E-state index < -0.39 is 5.97 Å². The van der Waals surface area contributed by atoms with Crippen LogP contribution in [-0.2, 0) is 0 Å². The number of carbonyl (C=O) groups is 1. The second-order valence-corrected chi connectivity index (χ2v) is 5.27. The Bertz CT molecular complexity index is 679. The summed E-state index contributed by atoms with van der Waals surface area (Å²) in [4.78, 5) is 20.3. The van der Waals surface area contributed by atoms with Gasteiger partial charge in [-0.3, -0.25) is 0 Å². The molecule has 1 aliphatic heterocycles. The van der Waals surface area contributed by atoms with Gasteiger partial charge in [0.1, 0.15) is 5.82 Å². The highest BCUT2D eigenvalue weighted by molar-refractivity contribution is 5.95. The number of nitrogens with zero attached hydrogens (tertiary/aromatic N) is 2. The third kappa shape index (κ3) is 2.78. The lowest BCUT2D eigenvalue weighted by Crippen LogP contribution is -2.10. The lowest BCUT2D eigenvalue weighted by molar-refractivity contribution is 0.0697. The largest absolute Gasteiger partial charge is 0.478 e. The van der Waals surface area contributed by atoms with Crippen LogP contribution in [0.3, 0.4) is 0 Å². The fourth-order valence-corrected chi connectivity index (χ4v) is 2.74. The highest BCUT2D eigenvalue weighted by Crippen LogP contribution is 2.27. The van der Waals surface area contributed by atoms with Gasteiger partial charge in [-0.15, -0.1) is 0 Å². The number of rotatable bonds is 3. The minimum absolute atomic E-state index is 0.270. The maximum Gasteiger partial charge on any atom is 0.336 e. The van der Waals surface area contributed by atoms with E-state index in [2.05, 4.69) is 15.3 Å². The number of aromatic nitrogens is 2. The smallest absolute Gasteiger partial charge is 0.336 e. The van der Waals surface area contributed by atoms with Crippen molar-refractivity contribution >= 4 is 5.97 Å². The molecule has 5 heteroatoms. The minimum atomic E-state index is -0.939. The fraction of sp³-hybridized carbons (Fsp3) is 0.312. The number of carboxylic acid groups (broad SMARTS) is 1. The van der Waals surface area contributed by atoms with E-state index in [1.807, 2.05) is 19.1 Å². The van der Waals surface area contributed by atoms with Crippen molar-refractivity contribution in [2.75, 3.05) is 13.1 Å². The van der Waals surface area contributed by atoms with Gasteiger partial charge in [0.2, 0.25) is 0 Å². The van der Waals surface area contributed by atoms with E-state index in [-0.39, 0.29) is 5.56 Å². The number of nitrogens with one attached hydrogen (secondary N) is 1. The lowest BCUT2D eigenvalue weighted by atomic mass is 9.99. The summed E-state index contributed by atoms with van der Waals surface area (Å²) in [5.41, 5.74) is 2.58. The van der Waals surface area contributed by atoms with Crippen LogP contribution < -0.4 is 5.32 Å². The molecule has 0 unspecified atom stereocenters. The quantitative estimate of drug-likeness (QED) is 0.903. The minimum Gasteiger partial charge on any atom is -0.478 e. The first-order valence-corrected chi connectivity index (χ1v) is 7.04. The third-order valence-corrected chi connectivity index (χ3v) is 3.77. The summed E-state index contributed by atoms with van der Waals surface area (Å²) in [5, 5.41) is 12.6. The van der Waals surface area contributed by atoms with E-state index in [0.29, 0.717) is 23.0 Å². The molecule has 3 rings (SSSR count). The van der Waals surface area contributed by atoms with Crippen molar-refractivity contribution in [3.63, 3.8) is 0 Å². The second-order valence-electron chi connectivity index (χ2n) is 5.27. The Balaban J connectivity index is 2.08. The van der Waals surface area contributed by atoms with Crippen molar-refractivity contribution in [2.24, 2.45) is 0 Å². The molecule has 0 amide bonds. The first-order valence-electron chi connectivity index (χ1n) is 7.04. The number of hydrogen-bond acceptors (Lipinski definition) is 4. The van der Waals surface area contributed by atoms with Crippen LogP contribution in [0.25, 0.3) is 11.3 Å². The van der Waals surface area contributed by atoms with E-state index in [1.54, 1.807) is 18.2 Å². The van der Waals surface area contributed by atoms with Gasteiger partial charge in [0.05, 0.1) is 11.3 Å². The number of aromatic carboxylic acids is 1. The van der Waals surface area contributed by atoms with E-state index >= 15 is 0 Å². The molecule has 2 heterocycles. The van der Waals surface area contributed by atoms with E-state index in [0.717, 1.165) is 25.2 Å². The van der Waals surface area contributed by atoms with Crippen LogP contribution in [0.2, 0.25) is 0 Å². The van der Waals surface area contributed by atoms with Crippen molar-refractivity contribution in [2.45, 2.75) is 19.3 Å². The Kier molecular flexibility index (Phi) is 3.66. The van der Waals surface area contributed by atoms with Gasteiger partial charge in [-0.1, -0.05) is 18.2 Å². The predicted molar refractivity (Wildman–Crippen MR) is 79.4 cm³/mol. The Morgan fingerprint density at radius 2 is 2.14 bits per heavy atom. The molecular formula is C16H17N3O2. The Morgan fingerprint density at radius 1 is 1.33 bits per heavy atom. The average molecular weight is 283 g/mol. The summed E-state index contributed by atoms with van der Waals surface area (Å²) >= 11 is 0. The molecule has 108 valence electrons. The van der Waals surface area contributed by atoms with Gasteiger partial charge in [-0.05, 0) is 32.0 Å². The molecule has 0 aliphatic carbocycles. The van der Waals surface area contributed by atoms with Gasteiger partial charge < -0.3 is 10.4 Å². The summed E-state index contributed by atoms with van der Waals surface area (Å²) in [6, 6.07) is 8.87. The molecule has 2 aromatic rings. The first kappa shape index (κ1) is 13.7. The number of carboxylic acids is 1. The van der Waals surface area contributed by atoms with Crippen molar-refractivity contribution in [3.8, 4) is 11.3 Å². The van der Waals surface area contributed by atoms with Crippen molar-refractivity contribution in [1.82, 2.24) is 15.3 Å². The molecule has 1 aromatic heterocycles. The number of hydrogen-bond donors (Lipinski definition) is 2. The molecule has 0 spiro atoms. The first-order chi connectivity index (χ1) is 10.1. The van der Waals surface area contributed by atoms with E-state index in [1.165, 1.54) is 0 Å². The van der Waals surface area contributed by atoms with Gasteiger partial charge in [-0.2, -0.15) is 0 Å². The monoisotopic (exact) mass is 283 g/mol. The summed E-state index contributed by atoms with van der Waals surface area (Å²) < 4.78 is 0. The molecule has 1 aliphatic rings. The zero-order valence-corrected chi connectivity index (χ0v) is 11.8. The number of aryl methyl sites for hydroxylation is 1. The van der Waals surface area contributed by atoms with Gasteiger partial charge in [0.15, 0.2) is 0 Å². The molecule has 0 radical (unpaired) electrons. The van der Waals surface area contributed by atoms with Crippen molar-refractivity contribution in [1.29, 1.82) is 0 Å². The van der Waals surface area contributed by atoms with Crippen molar-refractivity contribution in [3.05, 3.63) is 47.4 Å². The van der Waals surface area contributed by atoms with Crippen molar-refractivity contribution < 1.29 is 9.90 Å². The zero-order chi connectivity index (χ0) is 14.8. The average Bonchev–Trinajstić information content (AvgIpc) is 3.01. The van der Waals surface area contributed by atoms with Crippen LogP contribution in [0.5, 0.6) is 0 Å². The van der Waals surface area contributed by atoms with E-state index in [9.17, 15) is 9.90 Å². The molecule has 5 nitrogen and oxygen atoms in total. The third-order valence-electron chi connectivity index (χ3n) is 3.77. The molecule has 1 fully saturated rings. The molecule has 0 saturated carbocycles. The SMILES string of the molecule is Cc1nc(-c2ccccc2C(=O)O)cc([C@H]2CCNC2)n1. The van der Waals surface area contributed by atoms with E-state index in [4.69, 9.17) is 0 Å². The zero-order valence-electron chi connectivity index (χ0n) is 11.8. The second kappa shape index (κ2) is 5.61. The van der Waals surface area contributed by atoms with Crippen LogP contribution in [0, 0.1) is 6.92 Å². The number of benzene rings is 1. The molecule has 1 saturated heterocycles. The standard InChI is InChI=1S/C16H17N3O2/c1-10-18-14(11-6-7-17-9-11)8-15(19-10)12-4-2-3-5-13(12)16(20)21/h2-5,8,11,17H,6-7,9H2,1H3,(H,20,21)/t11-/m0/s1. The summed E-state index contributed by atoms with van der Waals surface area (Å²) in [5.74, 6) is 0.114. The summed E-state index contributed by atoms with van der Waals surface area (Å²) in [7, 11) is 0. The highest BCUT2D eigenvalue weighted by atomic mass is 16.4. The van der Waals surface area contributed by atoms with Crippen LogP contribution in [-0.4, -0.2) is 34.1 Å². The van der Waals surface area contributed by atoms with Gasteiger partial charge in [-0.25, -0.2) is 14.8 Å². The Labute approximate surface area is 123 Å². The molecule has 1 aromatic carbocycles. The van der Waals surface area contributed by atoms with Gasteiger partial charge >= 0.3 is 5.97 Å². The van der Waals surface area contributed by atoms with Crippen LogP contribution in [0.15, 0.2) is 30.3 Å². The van der Waals surface area contributed by atoms with Gasteiger partial charge in [0.25, 0.3) is 0 Å². The fourth-order valence-electron chi connectivity index (χ4n) is 2.74. The molecular weight excluding hydrogens is 266 g/mol.